The lowest BCUT2D eigenvalue weighted by Gasteiger charge is -2.26. The van der Waals surface area contributed by atoms with Crippen molar-refractivity contribution in [1.82, 2.24) is 4.98 Å². The molecular weight excluding hydrogens is 1020 g/mol. The third kappa shape index (κ3) is 17.3. The van der Waals surface area contributed by atoms with Crippen molar-refractivity contribution in [1.29, 1.82) is 0 Å². The fourth-order valence-corrected chi connectivity index (χ4v) is 10.1. The van der Waals surface area contributed by atoms with E-state index < -0.39 is 52.5 Å². The Balaban J connectivity index is 0.876. The lowest BCUT2D eigenvalue weighted by molar-refractivity contribution is -0.384. The highest BCUT2D eigenvalue weighted by Gasteiger charge is 2.35. The first-order chi connectivity index (χ1) is 37.9. The van der Waals surface area contributed by atoms with Crippen LogP contribution in [0, 0.1) is 33.8 Å². The molecule has 0 spiro atoms. The summed E-state index contributed by atoms with van der Waals surface area (Å²) in [5.74, 6) is -1.99. The second-order valence-corrected chi connectivity index (χ2v) is 20.1. The van der Waals surface area contributed by atoms with E-state index in [9.17, 15) is 38.9 Å². The van der Waals surface area contributed by atoms with Crippen molar-refractivity contribution in [3.05, 3.63) is 120 Å². The van der Waals surface area contributed by atoms with Crippen LogP contribution in [0.25, 0.3) is 20.8 Å². The van der Waals surface area contributed by atoms with Gasteiger partial charge in [-0.2, -0.15) is 0 Å². The zero-order valence-electron chi connectivity index (χ0n) is 43.4. The number of unbranched alkanes of at least 4 members (excludes halogenated alkanes) is 6. The van der Waals surface area contributed by atoms with Crippen LogP contribution in [0.3, 0.4) is 0 Å². The Hall–Kier alpha value is -7.93. The fourth-order valence-electron chi connectivity index (χ4n) is 9.05. The molecular formula is C59H64N2O16S. The Bertz CT molecular complexity index is 2700. The normalized spacial score (nSPS) is 16.9. The SMILES string of the molecule is C=CC(=O)OCCCCCCOc1ccc(OC(=O)C2CCC(C(=O)Oc3ccc(OC(=O)C4CCC(C(=O)Oc5ccc(OCCCCCCOC(=O)C=C)cc5)CC4)c4sc(-c5ccc([N+](=O)[O-])cc5)nc34)CC2)cc1. The minimum atomic E-state index is -0.505. The second kappa shape index (κ2) is 29.5. The van der Waals surface area contributed by atoms with Gasteiger partial charge in [-0.15, -0.1) is 11.3 Å². The van der Waals surface area contributed by atoms with Gasteiger partial charge in [0.2, 0.25) is 0 Å². The van der Waals surface area contributed by atoms with Crippen LogP contribution in [0.4, 0.5) is 5.69 Å². The summed E-state index contributed by atoms with van der Waals surface area (Å²) in [6.07, 6.45) is 12.4. The zero-order valence-corrected chi connectivity index (χ0v) is 44.3. The Kier molecular flexibility index (Phi) is 21.9. The zero-order chi connectivity index (χ0) is 55.2. The summed E-state index contributed by atoms with van der Waals surface area (Å²) in [4.78, 5) is 91.8. The second-order valence-electron chi connectivity index (χ2n) is 19.1. The van der Waals surface area contributed by atoms with E-state index in [2.05, 4.69) is 13.2 Å². The molecule has 7 rings (SSSR count). The summed E-state index contributed by atoms with van der Waals surface area (Å²) >= 11 is 1.18. The maximum Gasteiger partial charge on any atom is 0.330 e. The van der Waals surface area contributed by atoms with E-state index >= 15 is 0 Å². The molecule has 0 aliphatic heterocycles. The Morgan fingerprint density at radius 3 is 1.28 bits per heavy atom. The van der Waals surface area contributed by atoms with Crippen molar-refractivity contribution >= 4 is 63.1 Å². The molecule has 0 bridgehead atoms. The van der Waals surface area contributed by atoms with E-state index in [4.69, 9.17) is 42.9 Å². The molecule has 412 valence electrons. The quantitative estimate of drug-likeness (QED) is 0.0113. The molecule has 0 unspecified atom stereocenters. The molecule has 78 heavy (non-hydrogen) atoms. The molecule has 2 saturated carbocycles. The molecule has 0 saturated heterocycles. The first kappa shape index (κ1) is 57.8. The number of thiazole rings is 1. The molecule has 0 atom stereocenters. The van der Waals surface area contributed by atoms with E-state index in [1.165, 1.54) is 29.5 Å². The van der Waals surface area contributed by atoms with Crippen LogP contribution in [0.5, 0.6) is 34.5 Å². The molecule has 2 fully saturated rings. The van der Waals surface area contributed by atoms with Gasteiger partial charge in [-0.1, -0.05) is 13.2 Å². The molecule has 0 N–H and O–H groups in total. The minimum Gasteiger partial charge on any atom is -0.494 e. The predicted octanol–water partition coefficient (Wildman–Crippen LogP) is 11.8. The van der Waals surface area contributed by atoms with Gasteiger partial charge < -0.3 is 37.9 Å². The van der Waals surface area contributed by atoms with Crippen molar-refractivity contribution in [3.63, 3.8) is 0 Å². The lowest BCUT2D eigenvalue weighted by Crippen LogP contribution is -2.30. The van der Waals surface area contributed by atoms with Gasteiger partial charge >= 0.3 is 35.8 Å². The predicted molar refractivity (Wildman–Crippen MR) is 288 cm³/mol. The van der Waals surface area contributed by atoms with E-state index in [0.717, 1.165) is 63.5 Å². The molecule has 18 nitrogen and oxygen atoms in total. The van der Waals surface area contributed by atoms with E-state index in [1.807, 2.05) is 0 Å². The molecule has 2 aliphatic carbocycles. The van der Waals surface area contributed by atoms with Crippen molar-refractivity contribution in [3.8, 4) is 45.1 Å². The highest BCUT2D eigenvalue weighted by atomic mass is 32.1. The number of aromatic nitrogens is 1. The molecule has 19 heteroatoms. The fraction of sp³-hybridized carbons (Fsp3) is 0.407. The van der Waals surface area contributed by atoms with Crippen molar-refractivity contribution < 1.29 is 71.6 Å². The lowest BCUT2D eigenvalue weighted by atomic mass is 9.82. The number of hydrogen-bond acceptors (Lipinski definition) is 18. The number of non-ortho nitro benzene ring substituents is 1. The van der Waals surface area contributed by atoms with Crippen LogP contribution >= 0.6 is 11.3 Å². The van der Waals surface area contributed by atoms with Gasteiger partial charge in [0.25, 0.3) is 5.69 Å². The number of esters is 6. The number of benzene rings is 4. The molecule has 0 amide bonds. The van der Waals surface area contributed by atoms with Crippen molar-refractivity contribution in [2.45, 2.75) is 103 Å². The maximum absolute atomic E-state index is 13.7. The Morgan fingerprint density at radius 1 is 0.500 bits per heavy atom. The summed E-state index contributed by atoms with van der Waals surface area (Å²) in [5, 5.41) is 11.8. The summed E-state index contributed by atoms with van der Waals surface area (Å²) < 4.78 is 45.4. The number of hydrogen-bond donors (Lipinski definition) is 0. The molecule has 1 heterocycles. The highest BCUT2D eigenvalue weighted by Crippen LogP contribution is 2.43. The van der Waals surface area contributed by atoms with Crippen LogP contribution in [-0.2, 0) is 38.2 Å². The van der Waals surface area contributed by atoms with Crippen LogP contribution in [0.15, 0.2) is 110 Å². The van der Waals surface area contributed by atoms with Gasteiger partial charge in [-0.3, -0.25) is 29.3 Å². The third-order valence-corrected chi connectivity index (χ3v) is 14.6. The molecule has 1 aromatic heterocycles. The largest absolute Gasteiger partial charge is 0.494 e. The van der Waals surface area contributed by atoms with Gasteiger partial charge in [0.1, 0.15) is 38.2 Å². The summed E-state index contributed by atoms with van der Waals surface area (Å²) in [7, 11) is 0. The standard InChI is InChI=1S/C59H64N2O16S/c1-3-51(62)72-37-11-7-5-9-35-70-45-25-29-47(30-26-45)74-56(64)40-13-17-42(18-14-40)58(66)76-49-33-34-50(54-53(49)60-55(78-54)39-21-23-44(24-22-39)61(68)69)77-59(67)43-19-15-41(16-20-43)57(65)75-48-31-27-46(28-32-48)71-36-10-6-8-12-38-73-52(63)4-2/h3-4,21-34,40-43H,1-2,5-20,35-38H2. The minimum absolute atomic E-state index is 0.0972. The van der Waals surface area contributed by atoms with Gasteiger partial charge in [0.05, 0.1) is 55.0 Å². The van der Waals surface area contributed by atoms with Crippen LogP contribution in [0.1, 0.15) is 103 Å². The number of nitro benzene ring substituents is 1. The topological polar surface area (TPSA) is 232 Å². The molecule has 4 aromatic carbocycles. The summed E-state index contributed by atoms with van der Waals surface area (Å²) in [5.41, 5.74) is 0.737. The van der Waals surface area contributed by atoms with E-state index in [0.29, 0.717) is 116 Å². The van der Waals surface area contributed by atoms with Crippen LogP contribution in [-0.4, -0.2) is 72.2 Å². The monoisotopic (exact) mass is 1090 g/mol. The van der Waals surface area contributed by atoms with Gasteiger partial charge in [0.15, 0.2) is 11.5 Å². The van der Waals surface area contributed by atoms with Crippen LogP contribution in [0.2, 0.25) is 0 Å². The van der Waals surface area contributed by atoms with Crippen molar-refractivity contribution in [2.75, 3.05) is 26.4 Å². The number of nitro groups is 1. The molecule has 2 aliphatic rings. The van der Waals surface area contributed by atoms with Crippen LogP contribution < -0.4 is 28.4 Å². The first-order valence-corrected chi connectivity index (χ1v) is 27.3. The Morgan fingerprint density at radius 2 is 0.872 bits per heavy atom. The molecule has 5 aromatic rings. The van der Waals surface area contributed by atoms with E-state index in [-0.39, 0.29) is 34.6 Å². The number of rotatable bonds is 28. The highest BCUT2D eigenvalue weighted by molar-refractivity contribution is 7.22. The smallest absolute Gasteiger partial charge is 0.330 e. The average molecular weight is 1090 g/mol. The number of carbonyl (C=O) groups excluding carboxylic acids is 6. The number of fused-ring (bicyclic) bond motifs is 1. The van der Waals surface area contributed by atoms with Gasteiger partial charge in [-0.25, -0.2) is 14.6 Å². The summed E-state index contributed by atoms with van der Waals surface area (Å²) in [6, 6.07) is 22.6. The Labute approximate surface area is 456 Å². The number of carbonyl (C=O) groups is 6. The van der Waals surface area contributed by atoms with Crippen molar-refractivity contribution in [2.24, 2.45) is 23.7 Å². The average Bonchev–Trinajstić information content (AvgIpc) is 3.99. The number of nitrogens with zero attached hydrogens (tertiary/aromatic N) is 2. The number of ether oxygens (including phenoxy) is 8. The van der Waals surface area contributed by atoms with Gasteiger partial charge in [0, 0.05) is 29.8 Å². The van der Waals surface area contributed by atoms with Gasteiger partial charge in [-0.05, 0) is 176 Å². The van der Waals surface area contributed by atoms with E-state index in [1.54, 1.807) is 66.7 Å². The summed E-state index contributed by atoms with van der Waals surface area (Å²) in [6.45, 7) is 8.51. The third-order valence-electron chi connectivity index (χ3n) is 13.5. The maximum atomic E-state index is 13.7. The molecule has 0 radical (unpaired) electrons. The first-order valence-electron chi connectivity index (χ1n) is 26.5.